The quantitative estimate of drug-likeness (QED) is 0.857. The van der Waals surface area contributed by atoms with Crippen molar-refractivity contribution in [1.82, 2.24) is 10.3 Å². The van der Waals surface area contributed by atoms with Crippen LogP contribution in [0.1, 0.15) is 32.4 Å². The molecule has 21 heavy (non-hydrogen) atoms. The smallest absolute Gasteiger partial charge is 0.407 e. The van der Waals surface area contributed by atoms with Crippen LogP contribution in [0.4, 0.5) is 4.79 Å². The van der Waals surface area contributed by atoms with Gasteiger partial charge >= 0.3 is 6.09 Å². The zero-order valence-electron chi connectivity index (χ0n) is 13.1. The molecule has 1 amide bonds. The number of hydrogen-bond acceptors (Lipinski definition) is 6. The largest absolute Gasteiger partial charge is 0.496 e. The number of nitrogens with two attached hydrogens (primary N) is 1. The highest BCUT2D eigenvalue weighted by Gasteiger charge is 2.21. The number of pyridine rings is 1. The summed E-state index contributed by atoms with van der Waals surface area (Å²) in [6.45, 7) is 5.55. The second kappa shape index (κ2) is 7.12. The van der Waals surface area contributed by atoms with E-state index in [1.807, 2.05) is 0 Å². The molecule has 0 aromatic carbocycles. The van der Waals surface area contributed by atoms with Gasteiger partial charge in [0.2, 0.25) is 5.88 Å². The third kappa shape index (κ3) is 5.11. The van der Waals surface area contributed by atoms with Crippen LogP contribution >= 0.6 is 0 Å². The van der Waals surface area contributed by atoms with Crippen molar-refractivity contribution in [2.24, 2.45) is 5.73 Å². The van der Waals surface area contributed by atoms with E-state index in [1.165, 1.54) is 14.2 Å². The third-order valence-corrected chi connectivity index (χ3v) is 2.56. The Labute approximate surface area is 124 Å². The van der Waals surface area contributed by atoms with Gasteiger partial charge in [0.15, 0.2) is 0 Å². The lowest BCUT2D eigenvalue weighted by atomic mass is 10.1. The molecule has 1 aromatic rings. The van der Waals surface area contributed by atoms with Gasteiger partial charge in [0.05, 0.1) is 25.8 Å². The van der Waals surface area contributed by atoms with E-state index in [0.29, 0.717) is 17.2 Å². The highest BCUT2D eigenvalue weighted by atomic mass is 16.6. The third-order valence-electron chi connectivity index (χ3n) is 2.56. The summed E-state index contributed by atoms with van der Waals surface area (Å²) in [4.78, 5) is 15.7. The van der Waals surface area contributed by atoms with Gasteiger partial charge < -0.3 is 25.3 Å². The summed E-state index contributed by atoms with van der Waals surface area (Å²) in [5.74, 6) is 0.924. The second-order valence-corrected chi connectivity index (χ2v) is 5.43. The first kappa shape index (κ1) is 17.0. The minimum Gasteiger partial charge on any atom is -0.496 e. The molecule has 118 valence electrons. The van der Waals surface area contributed by atoms with E-state index < -0.39 is 17.7 Å². The van der Waals surface area contributed by atoms with Gasteiger partial charge in [-0.2, -0.15) is 0 Å². The van der Waals surface area contributed by atoms with Crippen LogP contribution in [-0.4, -0.2) is 37.4 Å². The number of amides is 1. The first-order valence-corrected chi connectivity index (χ1v) is 6.57. The molecule has 1 rings (SSSR count). The van der Waals surface area contributed by atoms with Crippen LogP contribution in [0.25, 0.3) is 0 Å². The Balaban J connectivity index is 2.76. The number of alkyl carbamates (subject to hydrolysis) is 1. The Morgan fingerprint density at radius 2 is 2.05 bits per heavy atom. The van der Waals surface area contributed by atoms with E-state index in [1.54, 1.807) is 33.0 Å². The molecule has 1 unspecified atom stereocenters. The molecule has 7 heteroatoms. The molecule has 1 atom stereocenters. The zero-order chi connectivity index (χ0) is 16.0. The lowest BCUT2D eigenvalue weighted by molar-refractivity contribution is 0.0524. The number of rotatable bonds is 5. The fourth-order valence-electron chi connectivity index (χ4n) is 1.73. The van der Waals surface area contributed by atoms with E-state index >= 15 is 0 Å². The maximum atomic E-state index is 11.6. The molecule has 3 N–H and O–H groups in total. The Morgan fingerprint density at radius 3 is 2.57 bits per heavy atom. The lowest BCUT2D eigenvalue weighted by Crippen LogP contribution is -2.36. The Morgan fingerprint density at radius 1 is 1.38 bits per heavy atom. The Kier molecular flexibility index (Phi) is 5.78. The maximum Gasteiger partial charge on any atom is 0.407 e. The van der Waals surface area contributed by atoms with Gasteiger partial charge in [0, 0.05) is 12.7 Å². The summed E-state index contributed by atoms with van der Waals surface area (Å²) in [5.41, 5.74) is 6.13. The van der Waals surface area contributed by atoms with Crippen molar-refractivity contribution in [3.8, 4) is 11.6 Å². The predicted molar refractivity (Wildman–Crippen MR) is 78.5 cm³/mol. The van der Waals surface area contributed by atoms with E-state index in [0.717, 1.165) is 0 Å². The van der Waals surface area contributed by atoms with Crippen LogP contribution in [0.2, 0.25) is 0 Å². The highest BCUT2D eigenvalue weighted by Crippen LogP contribution is 2.30. The molecular formula is C14H23N3O4. The van der Waals surface area contributed by atoms with E-state index in [2.05, 4.69) is 10.3 Å². The topological polar surface area (TPSA) is 95.7 Å². The fourth-order valence-corrected chi connectivity index (χ4v) is 1.73. The van der Waals surface area contributed by atoms with Crippen molar-refractivity contribution in [3.63, 3.8) is 0 Å². The minimum atomic E-state index is -0.558. The van der Waals surface area contributed by atoms with Crippen LogP contribution in [0, 0.1) is 0 Å². The highest BCUT2D eigenvalue weighted by molar-refractivity contribution is 5.67. The predicted octanol–water partition coefficient (Wildman–Crippen LogP) is 1.62. The van der Waals surface area contributed by atoms with E-state index in [-0.39, 0.29) is 6.54 Å². The van der Waals surface area contributed by atoms with Crippen LogP contribution in [-0.2, 0) is 4.74 Å². The van der Waals surface area contributed by atoms with Gasteiger partial charge in [-0.15, -0.1) is 0 Å². The van der Waals surface area contributed by atoms with Crippen molar-refractivity contribution in [2.75, 3.05) is 20.8 Å². The van der Waals surface area contributed by atoms with Gasteiger partial charge in [0.25, 0.3) is 0 Å². The minimum absolute atomic E-state index is 0.174. The van der Waals surface area contributed by atoms with Crippen LogP contribution in [0.3, 0.4) is 0 Å². The van der Waals surface area contributed by atoms with Crippen molar-refractivity contribution in [2.45, 2.75) is 32.4 Å². The molecule has 0 bridgehead atoms. The van der Waals surface area contributed by atoms with E-state index in [9.17, 15) is 4.79 Å². The second-order valence-electron chi connectivity index (χ2n) is 5.43. The lowest BCUT2D eigenvalue weighted by Gasteiger charge is -2.22. The average molecular weight is 297 g/mol. The summed E-state index contributed by atoms with van der Waals surface area (Å²) >= 11 is 0. The molecule has 0 aliphatic rings. The number of carbonyl (C=O) groups excluding carboxylic acids is 1. The molecule has 0 aliphatic carbocycles. The molecule has 1 heterocycles. The molecule has 0 saturated carbocycles. The van der Waals surface area contributed by atoms with Crippen molar-refractivity contribution in [1.29, 1.82) is 0 Å². The SMILES string of the molecule is COc1ccnc(OC)c1C(N)CNC(=O)OC(C)(C)C. The van der Waals surface area contributed by atoms with E-state index in [4.69, 9.17) is 19.9 Å². The van der Waals surface area contributed by atoms with Crippen LogP contribution in [0.15, 0.2) is 12.3 Å². The maximum absolute atomic E-state index is 11.6. The molecule has 0 saturated heterocycles. The molecule has 0 radical (unpaired) electrons. The summed E-state index contributed by atoms with van der Waals surface area (Å²) < 4.78 is 15.6. The van der Waals surface area contributed by atoms with Crippen LogP contribution in [0.5, 0.6) is 11.6 Å². The number of carbonyl (C=O) groups is 1. The fraction of sp³-hybridized carbons (Fsp3) is 0.571. The first-order chi connectivity index (χ1) is 9.78. The van der Waals surface area contributed by atoms with Crippen molar-refractivity contribution < 1.29 is 19.0 Å². The summed E-state index contributed by atoms with van der Waals surface area (Å²) in [7, 11) is 3.03. The Hall–Kier alpha value is -2.02. The van der Waals surface area contributed by atoms with Gasteiger partial charge in [-0.05, 0) is 26.8 Å². The number of nitrogens with one attached hydrogen (secondary N) is 1. The molecule has 0 spiro atoms. The first-order valence-electron chi connectivity index (χ1n) is 6.57. The van der Waals surface area contributed by atoms with Gasteiger partial charge in [-0.3, -0.25) is 0 Å². The number of methoxy groups -OCH3 is 2. The van der Waals surface area contributed by atoms with Crippen LogP contribution < -0.4 is 20.5 Å². The standard InChI is InChI=1S/C14H23N3O4/c1-14(2,3)21-13(18)17-8-9(15)11-10(19-4)6-7-16-12(11)20-5/h6-7,9H,8,15H2,1-5H3,(H,17,18). The Bertz CT molecular complexity index is 463. The van der Waals surface area contributed by atoms with Crippen molar-refractivity contribution >= 4 is 6.09 Å². The number of aromatic nitrogens is 1. The normalized spacial score (nSPS) is 12.5. The average Bonchev–Trinajstić information content (AvgIpc) is 2.41. The molecule has 0 fully saturated rings. The molecule has 0 aliphatic heterocycles. The number of hydrogen-bond donors (Lipinski definition) is 2. The van der Waals surface area contributed by atoms with Gasteiger partial charge in [-0.25, -0.2) is 9.78 Å². The van der Waals surface area contributed by atoms with Gasteiger partial charge in [0.1, 0.15) is 11.4 Å². The summed E-state index contributed by atoms with van der Waals surface area (Å²) in [6.07, 6.45) is 1.04. The summed E-state index contributed by atoms with van der Waals surface area (Å²) in [6, 6.07) is 1.15. The zero-order valence-corrected chi connectivity index (χ0v) is 13.1. The van der Waals surface area contributed by atoms with Crippen molar-refractivity contribution in [3.05, 3.63) is 17.8 Å². The molecule has 7 nitrogen and oxygen atoms in total. The molecular weight excluding hydrogens is 274 g/mol. The van der Waals surface area contributed by atoms with Gasteiger partial charge in [-0.1, -0.05) is 0 Å². The molecule has 1 aromatic heterocycles. The summed E-state index contributed by atoms with van der Waals surface area (Å²) in [5, 5.41) is 2.62. The number of ether oxygens (including phenoxy) is 3. The monoisotopic (exact) mass is 297 g/mol. The number of nitrogens with zero attached hydrogens (tertiary/aromatic N) is 1.